The maximum atomic E-state index is 5.63. The minimum Gasteiger partial charge on any atom is -0.399 e. The van der Waals surface area contributed by atoms with Crippen molar-refractivity contribution >= 4 is 0 Å². The molecule has 0 saturated carbocycles. The first-order chi connectivity index (χ1) is 4.61. The van der Waals surface area contributed by atoms with Gasteiger partial charge >= 0.3 is 0 Å². The molecule has 1 aliphatic rings. The van der Waals surface area contributed by atoms with Gasteiger partial charge in [-0.1, -0.05) is 0 Å². The second kappa shape index (κ2) is 2.34. The number of nitrogens with one attached hydrogen (secondary N) is 1. The van der Waals surface area contributed by atoms with Gasteiger partial charge in [0.05, 0.1) is 0 Å². The van der Waals surface area contributed by atoms with E-state index in [1.165, 1.54) is 0 Å². The van der Waals surface area contributed by atoms with Crippen molar-refractivity contribution in [2.24, 2.45) is 11.5 Å². The predicted molar refractivity (Wildman–Crippen MR) is 41.8 cm³/mol. The van der Waals surface area contributed by atoms with Crippen molar-refractivity contribution in [3.63, 3.8) is 0 Å². The zero-order valence-corrected chi connectivity index (χ0v) is 6.31. The smallest absolute Gasteiger partial charge is 0.115 e. The summed E-state index contributed by atoms with van der Waals surface area (Å²) in [5.74, 6) is 0. The Balaban J connectivity index is 2.92. The molecule has 56 valence electrons. The van der Waals surface area contributed by atoms with Crippen molar-refractivity contribution in [3.8, 4) is 0 Å². The van der Waals surface area contributed by atoms with E-state index in [4.69, 9.17) is 11.5 Å². The summed E-state index contributed by atoms with van der Waals surface area (Å²) in [7, 11) is 0. The summed E-state index contributed by atoms with van der Waals surface area (Å²) in [5, 5.41) is 3.02. The van der Waals surface area contributed by atoms with Gasteiger partial charge < -0.3 is 16.8 Å². The lowest BCUT2D eigenvalue weighted by atomic mass is 10.1. The minimum absolute atomic E-state index is 0.204. The Morgan fingerprint density at radius 3 is 2.60 bits per heavy atom. The Kier molecular flexibility index (Phi) is 1.68. The average molecular weight is 139 g/mol. The van der Waals surface area contributed by atoms with Crippen LogP contribution in [0.1, 0.15) is 13.8 Å². The minimum atomic E-state index is -0.204. The lowest BCUT2D eigenvalue weighted by Crippen LogP contribution is -2.43. The summed E-state index contributed by atoms with van der Waals surface area (Å²) >= 11 is 0. The zero-order valence-electron chi connectivity index (χ0n) is 6.31. The Labute approximate surface area is 60.8 Å². The first kappa shape index (κ1) is 7.15. The summed E-state index contributed by atoms with van der Waals surface area (Å²) in [6.45, 7) is 3.93. The van der Waals surface area contributed by atoms with Crippen LogP contribution in [0.15, 0.2) is 23.0 Å². The lowest BCUT2D eigenvalue weighted by molar-refractivity contribution is 0.640. The third kappa shape index (κ3) is 1.14. The molecule has 0 fully saturated rings. The summed E-state index contributed by atoms with van der Waals surface area (Å²) in [6.07, 6.45) is 1.78. The van der Waals surface area contributed by atoms with Crippen molar-refractivity contribution in [2.45, 2.75) is 20.0 Å². The van der Waals surface area contributed by atoms with Gasteiger partial charge in [0, 0.05) is 11.4 Å². The highest BCUT2D eigenvalue weighted by Gasteiger charge is 2.11. The van der Waals surface area contributed by atoms with Crippen LogP contribution >= 0.6 is 0 Å². The molecule has 3 nitrogen and oxygen atoms in total. The normalized spacial score (nSPS) is 25.9. The Hall–Kier alpha value is -0.960. The Morgan fingerprint density at radius 2 is 2.10 bits per heavy atom. The van der Waals surface area contributed by atoms with Gasteiger partial charge in [0.1, 0.15) is 6.17 Å². The van der Waals surface area contributed by atoms with E-state index in [-0.39, 0.29) is 6.17 Å². The first-order valence-corrected chi connectivity index (χ1v) is 3.28. The molecule has 10 heavy (non-hydrogen) atoms. The lowest BCUT2D eigenvalue weighted by Gasteiger charge is -2.22. The second-order valence-electron chi connectivity index (χ2n) is 2.59. The maximum Gasteiger partial charge on any atom is 0.115 e. The summed E-state index contributed by atoms with van der Waals surface area (Å²) in [4.78, 5) is 0. The second-order valence-corrected chi connectivity index (χ2v) is 2.59. The maximum absolute atomic E-state index is 5.63. The molecule has 0 aromatic heterocycles. The zero-order chi connectivity index (χ0) is 7.72. The molecule has 5 N–H and O–H groups in total. The molecule has 1 heterocycles. The molecular weight excluding hydrogens is 126 g/mol. The van der Waals surface area contributed by atoms with Gasteiger partial charge in [-0.2, -0.15) is 0 Å². The molecule has 1 rings (SSSR count). The van der Waals surface area contributed by atoms with Gasteiger partial charge in [-0.05, 0) is 25.5 Å². The van der Waals surface area contributed by atoms with Crippen molar-refractivity contribution in [1.29, 1.82) is 0 Å². The fourth-order valence-corrected chi connectivity index (χ4v) is 1.02. The molecule has 0 aromatic rings. The highest BCUT2D eigenvalue weighted by atomic mass is 15.1. The highest BCUT2D eigenvalue weighted by molar-refractivity contribution is 5.31. The van der Waals surface area contributed by atoms with Crippen LogP contribution < -0.4 is 16.8 Å². The molecule has 1 unspecified atom stereocenters. The van der Waals surface area contributed by atoms with Crippen molar-refractivity contribution < 1.29 is 0 Å². The van der Waals surface area contributed by atoms with Gasteiger partial charge in [-0.15, -0.1) is 0 Å². The van der Waals surface area contributed by atoms with Crippen LogP contribution in [0.25, 0.3) is 0 Å². The van der Waals surface area contributed by atoms with Crippen LogP contribution in [-0.4, -0.2) is 6.17 Å². The van der Waals surface area contributed by atoms with E-state index >= 15 is 0 Å². The molecule has 1 aliphatic heterocycles. The molecule has 0 aromatic carbocycles. The molecule has 3 heteroatoms. The number of hydrogen-bond acceptors (Lipinski definition) is 3. The van der Waals surface area contributed by atoms with E-state index in [0.29, 0.717) is 0 Å². The third-order valence-electron chi connectivity index (χ3n) is 1.61. The number of nitrogens with two attached hydrogens (primary N) is 2. The average Bonchev–Trinajstić information content (AvgIpc) is 1.82. The van der Waals surface area contributed by atoms with E-state index in [9.17, 15) is 0 Å². The first-order valence-electron chi connectivity index (χ1n) is 3.28. The molecule has 0 amide bonds. The van der Waals surface area contributed by atoms with E-state index in [0.717, 1.165) is 17.0 Å². The van der Waals surface area contributed by atoms with Crippen LogP contribution in [-0.2, 0) is 0 Å². The van der Waals surface area contributed by atoms with Crippen LogP contribution in [0.4, 0.5) is 0 Å². The summed E-state index contributed by atoms with van der Waals surface area (Å²) < 4.78 is 0. The standard InChI is InChI=1S/C7H13N3/c1-4-3-5(2)10-7(9)6(4)8/h3,7,10H,8-9H2,1-2H3. The van der Waals surface area contributed by atoms with Crippen LogP contribution in [0.2, 0.25) is 0 Å². The van der Waals surface area contributed by atoms with E-state index in [1.807, 2.05) is 19.9 Å². The summed E-state index contributed by atoms with van der Waals surface area (Å²) in [5.41, 5.74) is 14.1. The molecule has 0 aliphatic carbocycles. The van der Waals surface area contributed by atoms with Crippen molar-refractivity contribution in [2.75, 3.05) is 0 Å². The van der Waals surface area contributed by atoms with Crippen LogP contribution in [0.5, 0.6) is 0 Å². The van der Waals surface area contributed by atoms with Crippen LogP contribution in [0.3, 0.4) is 0 Å². The third-order valence-corrected chi connectivity index (χ3v) is 1.61. The Bertz CT molecular complexity index is 203. The quantitative estimate of drug-likeness (QED) is 0.443. The SMILES string of the molecule is CC1=CC(C)=C(N)C(N)N1. The fraction of sp³-hybridized carbons (Fsp3) is 0.429. The van der Waals surface area contributed by atoms with Gasteiger partial charge in [-0.3, -0.25) is 0 Å². The van der Waals surface area contributed by atoms with Gasteiger partial charge in [-0.25, -0.2) is 0 Å². The molecule has 0 bridgehead atoms. The molecule has 0 spiro atoms. The molecular formula is C7H13N3. The predicted octanol–water partition coefficient (Wildman–Crippen LogP) is 0.0109. The van der Waals surface area contributed by atoms with Crippen molar-refractivity contribution in [3.05, 3.63) is 23.0 Å². The number of rotatable bonds is 0. The van der Waals surface area contributed by atoms with Crippen molar-refractivity contribution in [1.82, 2.24) is 5.32 Å². The number of allylic oxidation sites excluding steroid dienone is 3. The number of hydrogen-bond donors (Lipinski definition) is 3. The molecule has 1 atom stereocenters. The number of dihydropyridines is 1. The van der Waals surface area contributed by atoms with E-state index in [1.54, 1.807) is 0 Å². The fourth-order valence-electron chi connectivity index (χ4n) is 1.02. The Morgan fingerprint density at radius 1 is 1.50 bits per heavy atom. The monoisotopic (exact) mass is 139 g/mol. The highest BCUT2D eigenvalue weighted by Crippen LogP contribution is 2.10. The topological polar surface area (TPSA) is 64.1 Å². The van der Waals surface area contributed by atoms with E-state index < -0.39 is 0 Å². The summed E-state index contributed by atoms with van der Waals surface area (Å²) in [6, 6.07) is 0. The van der Waals surface area contributed by atoms with Gasteiger partial charge in [0.15, 0.2) is 0 Å². The molecule has 0 radical (unpaired) electrons. The largest absolute Gasteiger partial charge is 0.399 e. The van der Waals surface area contributed by atoms with E-state index in [2.05, 4.69) is 5.32 Å². The van der Waals surface area contributed by atoms with Gasteiger partial charge in [0.25, 0.3) is 0 Å². The van der Waals surface area contributed by atoms with Crippen LogP contribution in [0, 0.1) is 0 Å². The van der Waals surface area contributed by atoms with Gasteiger partial charge in [0.2, 0.25) is 0 Å². The molecule has 0 saturated heterocycles.